The predicted molar refractivity (Wildman–Crippen MR) is 147 cm³/mol. The summed E-state index contributed by atoms with van der Waals surface area (Å²) in [5.74, 6) is 1.73. The number of anilines is 1. The summed E-state index contributed by atoms with van der Waals surface area (Å²) in [5, 5.41) is 9.89. The lowest BCUT2D eigenvalue weighted by molar-refractivity contribution is 0.414. The van der Waals surface area contributed by atoms with Gasteiger partial charge in [-0.25, -0.2) is 0 Å². The summed E-state index contributed by atoms with van der Waals surface area (Å²) in [5.41, 5.74) is 8.28. The predicted octanol–water partition coefficient (Wildman–Crippen LogP) is 7.78. The van der Waals surface area contributed by atoms with Crippen LogP contribution in [0.15, 0.2) is 60.7 Å². The summed E-state index contributed by atoms with van der Waals surface area (Å²) < 4.78 is 5.63. The zero-order valence-electron chi connectivity index (χ0n) is 22.1. The molecule has 0 heterocycles. The van der Waals surface area contributed by atoms with E-state index < -0.39 is 0 Å². The number of fused-ring (bicyclic) bond motifs is 1. The molecule has 3 heteroatoms. The van der Waals surface area contributed by atoms with Gasteiger partial charge in [-0.05, 0) is 90.0 Å². The highest BCUT2D eigenvalue weighted by molar-refractivity contribution is 5.60. The maximum atomic E-state index is 9.89. The van der Waals surface area contributed by atoms with Crippen LogP contribution in [0.1, 0.15) is 80.7 Å². The van der Waals surface area contributed by atoms with E-state index in [0.717, 1.165) is 38.1 Å². The summed E-state index contributed by atoms with van der Waals surface area (Å²) in [6.45, 7) is 11.0. The summed E-state index contributed by atoms with van der Waals surface area (Å²) in [6, 6.07) is 21.7. The van der Waals surface area contributed by atoms with Crippen molar-refractivity contribution in [3.8, 4) is 11.5 Å². The number of hydrogen-bond acceptors (Lipinski definition) is 3. The van der Waals surface area contributed by atoms with E-state index in [2.05, 4.69) is 81.1 Å². The molecular formula is C32H41NO2. The lowest BCUT2D eigenvalue weighted by Crippen LogP contribution is -2.25. The number of ether oxygens (including phenoxy) is 1. The first-order chi connectivity index (χ1) is 16.8. The van der Waals surface area contributed by atoms with Crippen LogP contribution < -0.4 is 9.64 Å². The second-order valence-electron chi connectivity index (χ2n) is 10.7. The number of phenolic OH excluding ortho intramolecular Hbond substituents is 1. The van der Waals surface area contributed by atoms with Crippen molar-refractivity contribution in [2.45, 2.75) is 77.7 Å². The van der Waals surface area contributed by atoms with E-state index >= 15 is 0 Å². The van der Waals surface area contributed by atoms with Crippen molar-refractivity contribution in [2.75, 3.05) is 18.6 Å². The molecule has 0 aromatic heterocycles. The Morgan fingerprint density at radius 3 is 2.43 bits per heavy atom. The van der Waals surface area contributed by atoms with Gasteiger partial charge in [0.05, 0.1) is 7.11 Å². The van der Waals surface area contributed by atoms with Crippen LogP contribution in [-0.2, 0) is 24.8 Å². The van der Waals surface area contributed by atoms with Crippen LogP contribution >= 0.6 is 0 Å². The third-order valence-corrected chi connectivity index (χ3v) is 7.80. The first-order valence-corrected chi connectivity index (χ1v) is 13.2. The molecule has 0 aliphatic heterocycles. The third kappa shape index (κ3) is 5.66. The topological polar surface area (TPSA) is 32.7 Å². The maximum Gasteiger partial charge on any atom is 0.120 e. The summed E-state index contributed by atoms with van der Waals surface area (Å²) in [4.78, 5) is 2.48. The van der Waals surface area contributed by atoms with E-state index in [-0.39, 0.29) is 5.41 Å². The number of hydrogen-bond donors (Lipinski definition) is 1. The fourth-order valence-corrected chi connectivity index (χ4v) is 5.69. The average Bonchev–Trinajstić information content (AvgIpc) is 2.87. The number of methoxy groups -OCH3 is 1. The van der Waals surface area contributed by atoms with Crippen molar-refractivity contribution < 1.29 is 9.84 Å². The van der Waals surface area contributed by atoms with Gasteiger partial charge in [0.15, 0.2) is 0 Å². The largest absolute Gasteiger partial charge is 0.508 e. The Bertz CT molecular complexity index is 1130. The highest BCUT2D eigenvalue weighted by atomic mass is 16.5. The number of benzene rings is 3. The van der Waals surface area contributed by atoms with E-state index in [0.29, 0.717) is 11.7 Å². The smallest absolute Gasteiger partial charge is 0.120 e. The summed E-state index contributed by atoms with van der Waals surface area (Å²) >= 11 is 0. The summed E-state index contributed by atoms with van der Waals surface area (Å²) in [7, 11) is 1.75. The molecular weight excluding hydrogens is 430 g/mol. The van der Waals surface area contributed by atoms with Crippen molar-refractivity contribution in [3.05, 3.63) is 88.5 Å². The first-order valence-electron chi connectivity index (χ1n) is 13.2. The van der Waals surface area contributed by atoms with E-state index in [1.54, 1.807) is 7.11 Å². The first kappa shape index (κ1) is 25.2. The second-order valence-corrected chi connectivity index (χ2v) is 10.7. The number of aryl methyl sites for hydroxylation is 1. The second kappa shape index (κ2) is 10.8. The number of phenols is 1. The van der Waals surface area contributed by atoms with Crippen LogP contribution in [0.3, 0.4) is 0 Å². The number of aromatic hydroxyl groups is 1. The molecule has 0 bridgehead atoms. The molecule has 0 spiro atoms. The van der Waals surface area contributed by atoms with Crippen molar-refractivity contribution in [1.29, 1.82) is 0 Å². The normalized spacial score (nSPS) is 15.5. The highest BCUT2D eigenvalue weighted by Crippen LogP contribution is 2.40. The van der Waals surface area contributed by atoms with Crippen molar-refractivity contribution in [3.63, 3.8) is 0 Å². The molecule has 0 unspecified atom stereocenters. The van der Waals surface area contributed by atoms with Crippen LogP contribution in [0, 0.1) is 0 Å². The fourth-order valence-electron chi connectivity index (χ4n) is 5.69. The van der Waals surface area contributed by atoms with Gasteiger partial charge in [0.25, 0.3) is 0 Å². The van der Waals surface area contributed by atoms with E-state index in [1.165, 1.54) is 46.3 Å². The van der Waals surface area contributed by atoms with Gasteiger partial charge in [-0.3, -0.25) is 0 Å². The highest BCUT2D eigenvalue weighted by Gasteiger charge is 2.25. The van der Waals surface area contributed by atoms with Gasteiger partial charge in [-0.15, -0.1) is 0 Å². The minimum atomic E-state index is 0.214. The van der Waals surface area contributed by atoms with Gasteiger partial charge in [-0.1, -0.05) is 63.6 Å². The minimum absolute atomic E-state index is 0.214. The molecule has 0 saturated carbocycles. The molecule has 1 aliphatic carbocycles. The van der Waals surface area contributed by atoms with Crippen LogP contribution in [0.25, 0.3) is 0 Å². The monoisotopic (exact) mass is 471 g/mol. The Hall–Kier alpha value is -2.94. The van der Waals surface area contributed by atoms with Crippen LogP contribution in [0.2, 0.25) is 0 Å². The van der Waals surface area contributed by atoms with Crippen molar-refractivity contribution in [1.82, 2.24) is 0 Å². The van der Waals surface area contributed by atoms with Gasteiger partial charge in [0.1, 0.15) is 11.5 Å². The Morgan fingerprint density at radius 2 is 1.74 bits per heavy atom. The molecule has 0 saturated heterocycles. The zero-order valence-corrected chi connectivity index (χ0v) is 22.1. The molecule has 1 atom stereocenters. The molecule has 3 aromatic rings. The van der Waals surface area contributed by atoms with E-state index in [9.17, 15) is 5.11 Å². The molecule has 3 aromatic carbocycles. The lowest BCUT2D eigenvalue weighted by Gasteiger charge is -2.32. The maximum absolute atomic E-state index is 9.89. The third-order valence-electron chi connectivity index (χ3n) is 7.80. The van der Waals surface area contributed by atoms with E-state index in [4.69, 9.17) is 4.74 Å². The molecule has 186 valence electrons. The van der Waals surface area contributed by atoms with Gasteiger partial charge in [0, 0.05) is 24.8 Å². The average molecular weight is 472 g/mol. The zero-order chi connectivity index (χ0) is 25.0. The van der Waals surface area contributed by atoms with Gasteiger partial charge < -0.3 is 14.7 Å². The molecule has 4 rings (SSSR count). The van der Waals surface area contributed by atoms with Crippen molar-refractivity contribution in [2.24, 2.45) is 0 Å². The van der Waals surface area contributed by atoms with Crippen LogP contribution in [0.5, 0.6) is 11.5 Å². The quantitative estimate of drug-likeness (QED) is 0.346. The number of nitrogens with zero attached hydrogens (tertiary/aromatic N) is 1. The van der Waals surface area contributed by atoms with Gasteiger partial charge in [0.2, 0.25) is 0 Å². The minimum Gasteiger partial charge on any atom is -0.508 e. The van der Waals surface area contributed by atoms with Crippen molar-refractivity contribution >= 4 is 5.69 Å². The lowest BCUT2D eigenvalue weighted by atomic mass is 9.79. The van der Waals surface area contributed by atoms with Crippen LogP contribution in [0.4, 0.5) is 5.69 Å². The Labute approximate surface area is 211 Å². The van der Waals surface area contributed by atoms with Gasteiger partial charge >= 0.3 is 0 Å². The molecule has 35 heavy (non-hydrogen) atoms. The Balaban J connectivity index is 1.61. The molecule has 1 aliphatic rings. The van der Waals surface area contributed by atoms with Crippen LogP contribution in [-0.4, -0.2) is 18.8 Å². The Kier molecular flexibility index (Phi) is 7.74. The number of rotatable bonds is 9. The SMILES string of the molecule is CCCC(C)(C)c1ccc(CN(CC)c2cc(OC)ccc2[C@@H]2CCc3cc(O)ccc3C2)cc1. The molecule has 0 radical (unpaired) electrons. The molecule has 0 amide bonds. The Morgan fingerprint density at radius 1 is 0.971 bits per heavy atom. The molecule has 3 nitrogen and oxygen atoms in total. The van der Waals surface area contributed by atoms with E-state index in [1.807, 2.05) is 12.1 Å². The standard InChI is InChI=1S/C32H41NO2/c1-6-18-32(3,4)27-13-8-23(9-14-27)22-33(7-2)31-21-29(35-5)16-17-30(31)26-11-10-25-20-28(34)15-12-24(25)19-26/h8-9,12-17,20-21,26,34H,6-7,10-11,18-19,22H2,1-5H3/t26-/m1/s1. The fraction of sp³-hybridized carbons (Fsp3) is 0.438. The molecule has 1 N–H and O–H groups in total. The summed E-state index contributed by atoms with van der Waals surface area (Å²) in [6.07, 6.45) is 5.50. The molecule has 0 fully saturated rings. The van der Waals surface area contributed by atoms with Gasteiger partial charge in [-0.2, -0.15) is 0 Å².